The molecule has 0 spiro atoms. The van der Waals surface area contributed by atoms with Gasteiger partial charge in [-0.15, -0.1) is 0 Å². The second kappa shape index (κ2) is 8.98. The number of nitrogens with zero attached hydrogens (tertiary/aromatic N) is 5. The molecular weight excluding hydrogens is 424 g/mol. The molecule has 2 heterocycles. The minimum atomic E-state index is -0.0856. The van der Waals surface area contributed by atoms with Crippen molar-refractivity contribution in [3.05, 3.63) is 71.7 Å². The first kappa shape index (κ1) is 21.8. The maximum atomic E-state index is 12.6. The Morgan fingerprint density at radius 2 is 1.97 bits per heavy atom. The number of rotatable bonds is 6. The molecule has 7 nitrogen and oxygen atoms in total. The summed E-state index contributed by atoms with van der Waals surface area (Å²) in [5, 5.41) is 4.09. The van der Waals surface area contributed by atoms with E-state index in [9.17, 15) is 4.79 Å². The second-order valence-electron chi connectivity index (χ2n) is 7.93. The van der Waals surface area contributed by atoms with E-state index in [1.54, 1.807) is 30.5 Å². The van der Waals surface area contributed by atoms with Gasteiger partial charge in [0.2, 0.25) is 5.91 Å². The number of carbonyl (C=O) groups is 1. The zero-order valence-electron chi connectivity index (χ0n) is 18.5. The van der Waals surface area contributed by atoms with E-state index in [-0.39, 0.29) is 5.91 Å². The van der Waals surface area contributed by atoms with Gasteiger partial charge in [0, 0.05) is 36.1 Å². The van der Waals surface area contributed by atoms with Gasteiger partial charge < -0.3 is 15.1 Å². The molecule has 0 saturated heterocycles. The highest BCUT2D eigenvalue weighted by Gasteiger charge is 2.14. The molecule has 1 amide bonds. The first-order chi connectivity index (χ1) is 15.3. The van der Waals surface area contributed by atoms with E-state index in [1.807, 2.05) is 72.8 Å². The summed E-state index contributed by atoms with van der Waals surface area (Å²) in [6.45, 7) is 2.70. The fraction of sp³-hybridized carbons (Fsp3) is 0.208. The second-order valence-corrected chi connectivity index (χ2v) is 8.36. The number of halogens is 1. The minimum Gasteiger partial charge on any atom is -0.338 e. The quantitative estimate of drug-likeness (QED) is 0.434. The van der Waals surface area contributed by atoms with Crippen molar-refractivity contribution in [1.29, 1.82) is 0 Å². The fourth-order valence-electron chi connectivity index (χ4n) is 3.44. The molecule has 0 bridgehead atoms. The summed E-state index contributed by atoms with van der Waals surface area (Å²) in [4.78, 5) is 25.3. The van der Waals surface area contributed by atoms with Crippen LogP contribution in [0, 0.1) is 6.92 Å². The van der Waals surface area contributed by atoms with E-state index in [0.29, 0.717) is 17.4 Å². The maximum Gasteiger partial charge on any atom is 0.250 e. The lowest BCUT2D eigenvalue weighted by molar-refractivity contribution is -0.113. The number of carbonyl (C=O) groups excluding carboxylic acids is 1. The molecule has 2 aromatic carbocycles. The highest BCUT2D eigenvalue weighted by molar-refractivity contribution is 6.30. The largest absolute Gasteiger partial charge is 0.338 e. The van der Waals surface area contributed by atoms with E-state index in [2.05, 4.69) is 10.3 Å². The van der Waals surface area contributed by atoms with Crippen LogP contribution in [-0.4, -0.2) is 52.9 Å². The molecule has 1 N–H and O–H groups in total. The van der Waals surface area contributed by atoms with Crippen LogP contribution in [0.15, 0.2) is 61.1 Å². The molecule has 2 aromatic heterocycles. The van der Waals surface area contributed by atoms with Crippen LogP contribution in [-0.2, 0) is 4.79 Å². The summed E-state index contributed by atoms with van der Waals surface area (Å²) < 4.78 is 1.97. The van der Waals surface area contributed by atoms with Crippen LogP contribution >= 0.6 is 11.6 Å². The molecule has 32 heavy (non-hydrogen) atoms. The Hall–Kier alpha value is -3.42. The van der Waals surface area contributed by atoms with Gasteiger partial charge in [-0.3, -0.25) is 9.20 Å². The molecule has 0 saturated carbocycles. The minimum absolute atomic E-state index is 0.0856. The van der Waals surface area contributed by atoms with Gasteiger partial charge >= 0.3 is 0 Å². The number of nitrogens with one attached hydrogen (secondary N) is 1. The molecule has 164 valence electrons. The van der Waals surface area contributed by atoms with Crippen molar-refractivity contribution in [2.24, 2.45) is 0 Å². The number of anilines is 3. The number of fused-ring (bicyclic) bond motifs is 3. The molecule has 4 rings (SSSR count). The molecule has 0 unspecified atom stereocenters. The van der Waals surface area contributed by atoms with Crippen LogP contribution in [0.25, 0.3) is 16.6 Å². The summed E-state index contributed by atoms with van der Waals surface area (Å²) in [5.41, 5.74) is 5.22. The van der Waals surface area contributed by atoms with Crippen molar-refractivity contribution in [1.82, 2.24) is 19.3 Å². The summed E-state index contributed by atoms with van der Waals surface area (Å²) in [6.07, 6.45) is 6.97. The molecule has 0 atom stereocenters. The lowest BCUT2D eigenvalue weighted by Crippen LogP contribution is -2.24. The van der Waals surface area contributed by atoms with Gasteiger partial charge in [0.05, 0.1) is 23.6 Å². The van der Waals surface area contributed by atoms with Gasteiger partial charge in [0.1, 0.15) is 5.52 Å². The number of benzene rings is 2. The number of aryl methyl sites for hydroxylation is 1. The standard InChI is InChI=1S/C24H25ClN6O/c1-16-12-17(25)7-9-19(16)27-24-22-14-26-15-31(22)21-13-18(8-10-20(21)28-24)30(4)23(32)6-5-11-29(2)3/h5-10,12-15H,11H2,1-4H3,(H,27,28). The lowest BCUT2D eigenvalue weighted by atomic mass is 10.2. The summed E-state index contributed by atoms with van der Waals surface area (Å²) in [5.74, 6) is 0.613. The van der Waals surface area contributed by atoms with Gasteiger partial charge in [0.25, 0.3) is 0 Å². The van der Waals surface area contributed by atoms with Gasteiger partial charge in [-0.2, -0.15) is 0 Å². The van der Waals surface area contributed by atoms with E-state index in [1.165, 1.54) is 0 Å². The smallest absolute Gasteiger partial charge is 0.250 e. The van der Waals surface area contributed by atoms with Crippen molar-refractivity contribution in [2.45, 2.75) is 6.92 Å². The monoisotopic (exact) mass is 448 g/mol. The first-order valence-electron chi connectivity index (χ1n) is 10.2. The van der Waals surface area contributed by atoms with Crippen molar-refractivity contribution in [2.75, 3.05) is 37.9 Å². The van der Waals surface area contributed by atoms with E-state index < -0.39 is 0 Å². The van der Waals surface area contributed by atoms with Crippen molar-refractivity contribution in [3.8, 4) is 0 Å². The highest BCUT2D eigenvalue weighted by Crippen LogP contribution is 2.29. The van der Waals surface area contributed by atoms with Crippen molar-refractivity contribution in [3.63, 3.8) is 0 Å². The summed E-state index contributed by atoms with van der Waals surface area (Å²) >= 11 is 6.09. The Morgan fingerprint density at radius 3 is 2.72 bits per heavy atom. The molecule has 0 aliphatic heterocycles. The highest BCUT2D eigenvalue weighted by atomic mass is 35.5. The number of amides is 1. The van der Waals surface area contributed by atoms with Crippen molar-refractivity contribution >= 4 is 51.3 Å². The molecule has 0 aliphatic carbocycles. The third-order valence-corrected chi connectivity index (χ3v) is 5.46. The summed E-state index contributed by atoms with van der Waals surface area (Å²) in [6, 6.07) is 11.4. The predicted octanol–water partition coefficient (Wildman–Crippen LogP) is 4.67. The number of likely N-dealkylation sites (N-methyl/N-ethyl adjacent to an activating group) is 2. The Kier molecular flexibility index (Phi) is 6.12. The molecule has 8 heteroatoms. The Balaban J connectivity index is 1.70. The van der Waals surface area contributed by atoms with E-state index >= 15 is 0 Å². The van der Waals surface area contributed by atoms with Crippen LogP contribution < -0.4 is 10.2 Å². The van der Waals surface area contributed by atoms with Crippen LogP contribution in [0.3, 0.4) is 0 Å². The number of hydrogen-bond donors (Lipinski definition) is 1. The predicted molar refractivity (Wildman–Crippen MR) is 131 cm³/mol. The van der Waals surface area contributed by atoms with E-state index in [4.69, 9.17) is 16.6 Å². The molecular formula is C24H25ClN6O. The Labute approximate surface area is 191 Å². The zero-order valence-corrected chi connectivity index (χ0v) is 19.3. The lowest BCUT2D eigenvalue weighted by Gasteiger charge is -2.17. The molecule has 0 radical (unpaired) electrons. The third-order valence-electron chi connectivity index (χ3n) is 5.22. The third kappa shape index (κ3) is 4.44. The summed E-state index contributed by atoms with van der Waals surface area (Å²) in [7, 11) is 5.69. The van der Waals surface area contributed by atoms with Crippen molar-refractivity contribution < 1.29 is 4.79 Å². The average Bonchev–Trinajstić information content (AvgIpc) is 3.25. The average molecular weight is 449 g/mol. The van der Waals surface area contributed by atoms with Crippen LogP contribution in [0.5, 0.6) is 0 Å². The SMILES string of the molecule is Cc1cc(Cl)ccc1Nc1nc2ccc(N(C)C(=O)C=CCN(C)C)cc2n2cncc12. The van der Waals surface area contributed by atoms with Crippen LogP contribution in [0.4, 0.5) is 17.2 Å². The van der Waals surface area contributed by atoms with Gasteiger partial charge in [-0.05, 0) is 63.0 Å². The Bertz CT molecular complexity index is 1330. The van der Waals surface area contributed by atoms with Gasteiger partial charge in [-0.1, -0.05) is 17.7 Å². The Morgan fingerprint density at radius 1 is 1.16 bits per heavy atom. The van der Waals surface area contributed by atoms with Gasteiger partial charge in [0.15, 0.2) is 5.82 Å². The van der Waals surface area contributed by atoms with Crippen LogP contribution in [0.1, 0.15) is 5.56 Å². The zero-order chi connectivity index (χ0) is 22.8. The maximum absolute atomic E-state index is 12.6. The van der Waals surface area contributed by atoms with E-state index in [0.717, 1.165) is 33.5 Å². The molecule has 0 aliphatic rings. The molecule has 4 aromatic rings. The number of aromatic nitrogens is 3. The normalized spacial score (nSPS) is 11.7. The van der Waals surface area contributed by atoms with Gasteiger partial charge in [-0.25, -0.2) is 9.97 Å². The first-order valence-corrected chi connectivity index (χ1v) is 10.6. The van der Waals surface area contributed by atoms with Crippen LogP contribution in [0.2, 0.25) is 5.02 Å². The number of hydrogen-bond acceptors (Lipinski definition) is 5. The fourth-order valence-corrected chi connectivity index (χ4v) is 3.66. The number of imidazole rings is 1. The molecule has 0 fully saturated rings. The topological polar surface area (TPSA) is 65.8 Å².